The molecule has 160 valence electrons. The Balaban J connectivity index is 1.69. The highest BCUT2D eigenvalue weighted by Crippen LogP contribution is 2.49. The number of ketones is 1. The minimum Gasteiger partial charge on any atom is -0.497 e. The molecule has 4 atom stereocenters. The summed E-state index contributed by atoms with van der Waals surface area (Å²) in [5, 5.41) is 18.7. The van der Waals surface area contributed by atoms with Gasteiger partial charge in [-0.15, -0.1) is 0 Å². The van der Waals surface area contributed by atoms with Gasteiger partial charge in [-0.25, -0.2) is 0 Å². The van der Waals surface area contributed by atoms with Gasteiger partial charge in [-0.1, -0.05) is 66.7 Å². The van der Waals surface area contributed by atoms with Gasteiger partial charge in [0.1, 0.15) is 17.8 Å². The molecule has 3 aromatic carbocycles. The highest BCUT2D eigenvalue weighted by atomic mass is 16.6. The average molecular weight is 427 g/mol. The van der Waals surface area contributed by atoms with Crippen LogP contribution in [0.1, 0.15) is 39.0 Å². The van der Waals surface area contributed by atoms with Gasteiger partial charge in [0.05, 0.1) is 19.2 Å². The molecule has 0 bridgehead atoms. The van der Waals surface area contributed by atoms with Gasteiger partial charge in [0.25, 0.3) is 0 Å². The van der Waals surface area contributed by atoms with Crippen molar-refractivity contribution in [1.29, 1.82) is 0 Å². The maximum atomic E-state index is 13.7. The van der Waals surface area contributed by atoms with Gasteiger partial charge in [-0.3, -0.25) is 19.9 Å². The van der Waals surface area contributed by atoms with E-state index >= 15 is 0 Å². The molecule has 1 fully saturated rings. The molecule has 0 saturated carbocycles. The van der Waals surface area contributed by atoms with Crippen LogP contribution >= 0.6 is 0 Å². The Morgan fingerprint density at radius 2 is 1.69 bits per heavy atom. The third kappa shape index (κ3) is 3.13. The molecule has 0 N–H and O–H groups in total. The Morgan fingerprint density at radius 1 is 1.00 bits per heavy atom. The van der Waals surface area contributed by atoms with E-state index in [1.54, 1.807) is 66.9 Å². The minimum atomic E-state index is -1.04. The van der Waals surface area contributed by atoms with Crippen LogP contribution in [-0.4, -0.2) is 41.1 Å². The van der Waals surface area contributed by atoms with Gasteiger partial charge >= 0.3 is 0 Å². The first-order chi connectivity index (χ1) is 15.6. The lowest BCUT2D eigenvalue weighted by Crippen LogP contribution is -2.38. The molecule has 0 spiro atoms. The smallest absolute Gasteiger partial charge is 0.248 e. The summed E-state index contributed by atoms with van der Waals surface area (Å²) in [6.07, 6.45) is 1.69. The van der Waals surface area contributed by atoms with Crippen LogP contribution in [0, 0.1) is 10.1 Å². The van der Waals surface area contributed by atoms with Crippen LogP contribution in [0.2, 0.25) is 0 Å². The summed E-state index contributed by atoms with van der Waals surface area (Å²) in [6, 6.07) is 21.1. The van der Waals surface area contributed by atoms with Crippen molar-refractivity contribution < 1.29 is 14.5 Å². The van der Waals surface area contributed by atoms with Crippen molar-refractivity contribution in [2.24, 2.45) is 5.10 Å². The van der Waals surface area contributed by atoms with Crippen LogP contribution in [0.15, 0.2) is 84.0 Å². The standard InChI is InChI=1S/C25H21N3O4/c1-32-19-13-11-16(12-14-19)21-23(28(30)31)22-20-10-6-5-9-18(20)15-26-27(22)24(21)25(29)17-7-3-2-4-8-17/h2-15,21-24H,1H3/t21-,22+,23-,24-/m0/s1. The number of nitrogens with zero attached hydrogens (tertiary/aromatic N) is 3. The van der Waals surface area contributed by atoms with Crippen LogP contribution in [0.25, 0.3) is 0 Å². The summed E-state index contributed by atoms with van der Waals surface area (Å²) in [6.45, 7) is 0. The van der Waals surface area contributed by atoms with Crippen molar-refractivity contribution in [2.45, 2.75) is 24.0 Å². The first-order valence-electron chi connectivity index (χ1n) is 10.4. The van der Waals surface area contributed by atoms with E-state index in [4.69, 9.17) is 4.74 Å². The van der Waals surface area contributed by atoms with Gasteiger partial charge < -0.3 is 4.74 Å². The first-order valence-corrected chi connectivity index (χ1v) is 10.4. The van der Waals surface area contributed by atoms with Gasteiger partial charge in [-0.05, 0) is 23.3 Å². The number of nitro groups is 1. The maximum Gasteiger partial charge on any atom is 0.248 e. The van der Waals surface area contributed by atoms with Gasteiger partial charge in [0, 0.05) is 16.1 Å². The van der Waals surface area contributed by atoms with Crippen LogP contribution in [0.5, 0.6) is 5.75 Å². The van der Waals surface area contributed by atoms with E-state index < -0.39 is 24.0 Å². The molecule has 7 heteroatoms. The van der Waals surface area contributed by atoms with Crippen molar-refractivity contribution in [3.05, 3.63) is 111 Å². The van der Waals surface area contributed by atoms with Crippen molar-refractivity contribution >= 4 is 12.0 Å². The molecule has 0 aliphatic carbocycles. The Labute approximate surface area is 185 Å². The van der Waals surface area contributed by atoms with E-state index in [9.17, 15) is 14.9 Å². The van der Waals surface area contributed by atoms with E-state index in [2.05, 4.69) is 5.10 Å². The first kappa shape index (κ1) is 19.9. The van der Waals surface area contributed by atoms with Crippen LogP contribution < -0.4 is 4.74 Å². The quantitative estimate of drug-likeness (QED) is 0.348. The molecular weight excluding hydrogens is 406 g/mol. The summed E-state index contributed by atoms with van der Waals surface area (Å²) in [7, 11) is 1.57. The number of fused-ring (bicyclic) bond motifs is 3. The molecule has 32 heavy (non-hydrogen) atoms. The lowest BCUT2D eigenvalue weighted by atomic mass is 9.82. The molecule has 1 saturated heterocycles. The number of ether oxygens (including phenoxy) is 1. The molecule has 0 radical (unpaired) electrons. The molecule has 3 aromatic rings. The number of hydrogen-bond acceptors (Lipinski definition) is 6. The Kier molecular flexibility index (Phi) is 4.93. The summed E-state index contributed by atoms with van der Waals surface area (Å²) >= 11 is 0. The normalized spacial score (nSPS) is 23.3. The number of hydrogen-bond donors (Lipinski definition) is 0. The highest BCUT2D eigenvalue weighted by molar-refractivity contribution is 6.01. The van der Waals surface area contributed by atoms with E-state index in [-0.39, 0.29) is 10.7 Å². The molecule has 0 unspecified atom stereocenters. The number of hydrazone groups is 1. The van der Waals surface area contributed by atoms with Crippen LogP contribution in [0.3, 0.4) is 0 Å². The molecular formula is C25H21N3O4. The van der Waals surface area contributed by atoms with Crippen LogP contribution in [0.4, 0.5) is 0 Å². The lowest BCUT2D eigenvalue weighted by molar-refractivity contribution is -0.529. The average Bonchev–Trinajstić information content (AvgIpc) is 3.20. The van der Waals surface area contributed by atoms with Crippen molar-refractivity contribution in [1.82, 2.24) is 5.01 Å². The molecule has 0 aromatic heterocycles. The predicted octanol–water partition coefficient (Wildman–Crippen LogP) is 4.08. The fourth-order valence-electron chi connectivity index (χ4n) is 4.88. The van der Waals surface area contributed by atoms with E-state index in [0.29, 0.717) is 16.9 Å². The molecule has 0 amide bonds. The summed E-state index contributed by atoms with van der Waals surface area (Å²) in [5.41, 5.74) is 2.87. The number of carbonyl (C=O) groups is 1. The van der Waals surface area contributed by atoms with Gasteiger partial charge in [0.15, 0.2) is 5.78 Å². The molecule has 5 rings (SSSR count). The highest BCUT2D eigenvalue weighted by Gasteiger charge is 2.60. The summed E-state index contributed by atoms with van der Waals surface area (Å²) < 4.78 is 5.26. The van der Waals surface area contributed by atoms with E-state index in [1.165, 1.54) is 0 Å². The second-order valence-corrected chi connectivity index (χ2v) is 7.95. The third-order valence-corrected chi connectivity index (χ3v) is 6.32. The zero-order chi connectivity index (χ0) is 22.2. The van der Waals surface area contributed by atoms with Crippen molar-refractivity contribution in [3.8, 4) is 5.75 Å². The second-order valence-electron chi connectivity index (χ2n) is 7.95. The lowest BCUT2D eigenvalue weighted by Gasteiger charge is -2.30. The minimum absolute atomic E-state index is 0.183. The number of carbonyl (C=O) groups excluding carboxylic acids is 1. The number of benzene rings is 3. The molecule has 2 aliphatic rings. The van der Waals surface area contributed by atoms with Gasteiger partial charge in [-0.2, -0.15) is 5.10 Å². The topological polar surface area (TPSA) is 85.0 Å². The third-order valence-electron chi connectivity index (χ3n) is 6.32. The SMILES string of the molecule is COc1ccc([C@H]2[C@H]([N+](=O)[O-])[C@H]3c4ccccc4C=NN3[C@@H]2C(=O)c2ccccc2)cc1. The predicted molar refractivity (Wildman–Crippen MR) is 120 cm³/mol. The van der Waals surface area contributed by atoms with Gasteiger partial charge in [0.2, 0.25) is 6.04 Å². The second kappa shape index (κ2) is 7.92. The van der Waals surface area contributed by atoms with E-state index in [1.807, 2.05) is 30.3 Å². The molecule has 2 heterocycles. The monoisotopic (exact) mass is 427 g/mol. The Bertz CT molecular complexity index is 1190. The maximum absolute atomic E-state index is 13.7. The molecule has 2 aliphatic heterocycles. The summed E-state index contributed by atoms with van der Waals surface area (Å²) in [5.74, 6) is -0.217. The van der Waals surface area contributed by atoms with Crippen molar-refractivity contribution in [3.63, 3.8) is 0 Å². The molecule has 7 nitrogen and oxygen atoms in total. The zero-order valence-corrected chi connectivity index (χ0v) is 17.4. The van der Waals surface area contributed by atoms with Crippen LogP contribution in [-0.2, 0) is 0 Å². The van der Waals surface area contributed by atoms with E-state index in [0.717, 1.165) is 11.1 Å². The Hall–Kier alpha value is -4.00. The zero-order valence-electron chi connectivity index (χ0n) is 17.4. The number of rotatable bonds is 5. The Morgan fingerprint density at radius 3 is 2.38 bits per heavy atom. The van der Waals surface area contributed by atoms with Crippen molar-refractivity contribution in [2.75, 3.05) is 7.11 Å². The fourth-order valence-corrected chi connectivity index (χ4v) is 4.88. The largest absolute Gasteiger partial charge is 0.497 e. The summed E-state index contributed by atoms with van der Waals surface area (Å²) in [4.78, 5) is 25.9. The fraction of sp³-hybridized carbons (Fsp3) is 0.200. The number of Topliss-reactive ketones (excluding diaryl/α,β-unsaturated/α-hetero) is 1. The number of methoxy groups -OCH3 is 1.